The van der Waals surface area contributed by atoms with E-state index in [0.29, 0.717) is 12.5 Å². The van der Waals surface area contributed by atoms with Crippen LogP contribution in [0, 0.1) is 0 Å². The molecule has 0 spiro atoms. The van der Waals surface area contributed by atoms with E-state index in [-0.39, 0.29) is 12.0 Å². The smallest absolute Gasteiger partial charge is 0.222 e. The summed E-state index contributed by atoms with van der Waals surface area (Å²) in [6.45, 7) is 4.18. The minimum Gasteiger partial charge on any atom is -0.391 e. The molecule has 1 aromatic rings. The third kappa shape index (κ3) is 3.67. The fourth-order valence-electron chi connectivity index (χ4n) is 3.63. The number of amides is 1. The molecule has 2 fully saturated rings. The summed E-state index contributed by atoms with van der Waals surface area (Å²) in [5.74, 6) is 0.249. The van der Waals surface area contributed by atoms with Crippen molar-refractivity contribution in [2.45, 2.75) is 50.8 Å². The van der Waals surface area contributed by atoms with Gasteiger partial charge in [-0.2, -0.15) is 5.10 Å². The Morgan fingerprint density at radius 1 is 1.23 bits per heavy atom. The third-order valence-corrected chi connectivity index (χ3v) is 4.92. The van der Waals surface area contributed by atoms with Crippen molar-refractivity contribution >= 4 is 5.91 Å². The molecular formula is C16H26N4O2. The van der Waals surface area contributed by atoms with Gasteiger partial charge in [-0.15, -0.1) is 0 Å². The molecule has 0 unspecified atom stereocenters. The Morgan fingerprint density at radius 2 is 2.05 bits per heavy atom. The van der Waals surface area contributed by atoms with Crippen LogP contribution in [0.15, 0.2) is 18.5 Å². The Bertz CT molecular complexity index is 469. The van der Waals surface area contributed by atoms with Gasteiger partial charge in [-0.3, -0.25) is 14.4 Å². The number of nitrogens with zero attached hydrogens (tertiary/aromatic N) is 4. The van der Waals surface area contributed by atoms with Crippen LogP contribution in [0.25, 0.3) is 0 Å². The van der Waals surface area contributed by atoms with Gasteiger partial charge >= 0.3 is 0 Å². The summed E-state index contributed by atoms with van der Waals surface area (Å²) in [5, 5.41) is 14.1. The van der Waals surface area contributed by atoms with Crippen LogP contribution in [-0.2, 0) is 11.3 Å². The standard InChI is InChI=1S/C16H26N4O2/c21-15-5-1-4-14(15)18-10-12-19(13-11-18)16(22)6-2-8-20-9-3-7-17-20/h3,7,9,14-15,21H,1-2,4-6,8,10-13H2/t14-,15+/m0/s1. The highest BCUT2D eigenvalue weighted by atomic mass is 16.3. The van der Waals surface area contributed by atoms with E-state index < -0.39 is 0 Å². The topological polar surface area (TPSA) is 61.6 Å². The average Bonchev–Trinajstić information content (AvgIpc) is 3.19. The quantitative estimate of drug-likeness (QED) is 0.871. The predicted molar refractivity (Wildman–Crippen MR) is 83.3 cm³/mol. The Hall–Kier alpha value is -1.40. The highest BCUT2D eigenvalue weighted by Crippen LogP contribution is 2.25. The first kappa shape index (κ1) is 15.5. The third-order valence-electron chi connectivity index (χ3n) is 4.92. The van der Waals surface area contributed by atoms with Gasteiger partial charge in [0.1, 0.15) is 0 Å². The Kier molecular flexibility index (Phi) is 5.10. The molecular weight excluding hydrogens is 280 g/mol. The van der Waals surface area contributed by atoms with Crippen molar-refractivity contribution in [3.05, 3.63) is 18.5 Å². The summed E-state index contributed by atoms with van der Waals surface area (Å²) in [5.41, 5.74) is 0. The van der Waals surface area contributed by atoms with Crippen LogP contribution in [0.2, 0.25) is 0 Å². The summed E-state index contributed by atoms with van der Waals surface area (Å²) in [6, 6.07) is 2.22. The van der Waals surface area contributed by atoms with Crippen LogP contribution >= 0.6 is 0 Å². The Balaban J connectivity index is 1.38. The van der Waals surface area contributed by atoms with E-state index in [4.69, 9.17) is 0 Å². The van der Waals surface area contributed by atoms with Crippen LogP contribution in [0.3, 0.4) is 0 Å². The van der Waals surface area contributed by atoms with Gasteiger partial charge in [-0.25, -0.2) is 0 Å². The van der Waals surface area contributed by atoms with E-state index in [1.54, 1.807) is 6.20 Å². The SMILES string of the molecule is O=C(CCCn1cccn1)N1CCN([C@H]2CCC[C@H]2O)CC1. The Labute approximate surface area is 131 Å². The van der Waals surface area contributed by atoms with Crippen LogP contribution in [0.5, 0.6) is 0 Å². The lowest BCUT2D eigenvalue weighted by Crippen LogP contribution is -2.53. The summed E-state index contributed by atoms with van der Waals surface area (Å²) < 4.78 is 1.87. The highest BCUT2D eigenvalue weighted by molar-refractivity contribution is 5.76. The van der Waals surface area contributed by atoms with E-state index in [1.165, 1.54) is 0 Å². The van der Waals surface area contributed by atoms with E-state index in [0.717, 1.165) is 58.4 Å². The summed E-state index contributed by atoms with van der Waals surface area (Å²) in [4.78, 5) is 16.6. The minimum absolute atomic E-state index is 0.170. The molecule has 3 rings (SSSR count). The molecule has 6 nitrogen and oxygen atoms in total. The van der Waals surface area contributed by atoms with Crippen molar-refractivity contribution in [3.63, 3.8) is 0 Å². The minimum atomic E-state index is -0.170. The molecule has 1 aliphatic heterocycles. The molecule has 1 N–H and O–H groups in total. The zero-order valence-electron chi connectivity index (χ0n) is 13.1. The van der Waals surface area contributed by atoms with Gasteiger partial charge in [0, 0.05) is 57.6 Å². The van der Waals surface area contributed by atoms with Gasteiger partial charge in [-0.05, 0) is 31.7 Å². The number of aryl methyl sites for hydroxylation is 1. The van der Waals surface area contributed by atoms with Gasteiger partial charge in [0.15, 0.2) is 0 Å². The van der Waals surface area contributed by atoms with Crippen LogP contribution in [0.4, 0.5) is 0 Å². The fourth-order valence-corrected chi connectivity index (χ4v) is 3.63. The van der Waals surface area contributed by atoms with Crippen LogP contribution in [-0.4, -0.2) is 68.9 Å². The molecule has 1 saturated heterocycles. The summed E-state index contributed by atoms with van der Waals surface area (Å²) in [6.07, 6.45) is 8.09. The summed E-state index contributed by atoms with van der Waals surface area (Å²) >= 11 is 0. The van der Waals surface area contributed by atoms with E-state index in [9.17, 15) is 9.90 Å². The second-order valence-corrected chi connectivity index (χ2v) is 6.36. The van der Waals surface area contributed by atoms with Crippen molar-refractivity contribution in [3.8, 4) is 0 Å². The number of hydrogen-bond donors (Lipinski definition) is 1. The molecule has 1 aromatic heterocycles. The van der Waals surface area contributed by atoms with E-state index in [2.05, 4.69) is 10.00 Å². The molecule has 2 atom stereocenters. The monoisotopic (exact) mass is 306 g/mol. The largest absolute Gasteiger partial charge is 0.391 e. The van der Waals surface area contributed by atoms with Crippen molar-refractivity contribution in [1.82, 2.24) is 19.6 Å². The van der Waals surface area contributed by atoms with Crippen molar-refractivity contribution in [2.24, 2.45) is 0 Å². The number of hydrogen-bond acceptors (Lipinski definition) is 4. The zero-order valence-corrected chi connectivity index (χ0v) is 13.1. The number of aliphatic hydroxyl groups is 1. The van der Waals surface area contributed by atoms with Crippen molar-refractivity contribution < 1.29 is 9.90 Å². The van der Waals surface area contributed by atoms with Crippen molar-refractivity contribution in [2.75, 3.05) is 26.2 Å². The maximum atomic E-state index is 12.2. The van der Waals surface area contributed by atoms with Crippen LogP contribution in [0.1, 0.15) is 32.1 Å². The second kappa shape index (κ2) is 7.24. The second-order valence-electron chi connectivity index (χ2n) is 6.36. The average molecular weight is 306 g/mol. The molecule has 0 aromatic carbocycles. The number of rotatable bonds is 5. The maximum absolute atomic E-state index is 12.2. The maximum Gasteiger partial charge on any atom is 0.222 e. The molecule has 1 amide bonds. The van der Waals surface area contributed by atoms with Gasteiger partial charge in [0.2, 0.25) is 5.91 Å². The highest BCUT2D eigenvalue weighted by Gasteiger charge is 2.33. The first-order valence-electron chi connectivity index (χ1n) is 8.41. The molecule has 22 heavy (non-hydrogen) atoms. The molecule has 1 saturated carbocycles. The molecule has 122 valence electrons. The molecule has 6 heteroatoms. The Morgan fingerprint density at radius 3 is 2.68 bits per heavy atom. The summed E-state index contributed by atoms with van der Waals surface area (Å²) in [7, 11) is 0. The number of piperazine rings is 1. The lowest BCUT2D eigenvalue weighted by Gasteiger charge is -2.39. The number of aliphatic hydroxyl groups excluding tert-OH is 1. The number of carbonyl (C=O) groups excluding carboxylic acids is 1. The number of aromatic nitrogens is 2. The van der Waals surface area contributed by atoms with Gasteiger partial charge in [-0.1, -0.05) is 0 Å². The van der Waals surface area contributed by atoms with Gasteiger partial charge in [0.25, 0.3) is 0 Å². The first-order chi connectivity index (χ1) is 10.7. The normalized spacial score (nSPS) is 26.5. The van der Waals surface area contributed by atoms with E-state index in [1.807, 2.05) is 21.8 Å². The first-order valence-corrected chi connectivity index (χ1v) is 8.41. The zero-order chi connectivity index (χ0) is 15.4. The number of carbonyl (C=O) groups is 1. The molecule has 2 heterocycles. The predicted octanol–water partition coefficient (Wildman–Crippen LogP) is 0.721. The molecule has 1 aliphatic carbocycles. The lowest BCUT2D eigenvalue weighted by atomic mass is 10.1. The van der Waals surface area contributed by atoms with Crippen molar-refractivity contribution in [1.29, 1.82) is 0 Å². The van der Waals surface area contributed by atoms with Gasteiger partial charge in [0.05, 0.1) is 6.10 Å². The van der Waals surface area contributed by atoms with Crippen LogP contribution < -0.4 is 0 Å². The van der Waals surface area contributed by atoms with Gasteiger partial charge < -0.3 is 10.0 Å². The lowest BCUT2D eigenvalue weighted by molar-refractivity contribution is -0.133. The fraction of sp³-hybridized carbons (Fsp3) is 0.750. The molecule has 0 radical (unpaired) electrons. The van der Waals surface area contributed by atoms with E-state index >= 15 is 0 Å². The molecule has 0 bridgehead atoms. The molecule has 2 aliphatic rings.